The molecule has 0 fully saturated rings. The maximum Gasteiger partial charge on any atom is 0.303 e. The number of carbonyl (C=O) groups excluding carboxylic acids is 2. The van der Waals surface area contributed by atoms with E-state index >= 15 is 0 Å². The molecule has 0 N–H and O–H groups in total. The van der Waals surface area contributed by atoms with Crippen LogP contribution in [0.2, 0.25) is 0 Å². The van der Waals surface area contributed by atoms with Gasteiger partial charge in [0.05, 0.1) is 0 Å². The van der Waals surface area contributed by atoms with Crippen LogP contribution in [0.1, 0.15) is 37.5 Å². The lowest BCUT2D eigenvalue weighted by molar-refractivity contribution is -0.167. The second kappa shape index (κ2) is 6.45. The zero-order valence-corrected chi connectivity index (χ0v) is 14.8. The predicted octanol–water partition coefficient (Wildman–Crippen LogP) is 4.48. The molecule has 0 saturated carbocycles. The van der Waals surface area contributed by atoms with Gasteiger partial charge in [0.2, 0.25) is 0 Å². The summed E-state index contributed by atoms with van der Waals surface area (Å²) in [6.45, 7) is 2.76. The topological polar surface area (TPSA) is 52.6 Å². The van der Waals surface area contributed by atoms with E-state index in [0.717, 1.165) is 17.4 Å². The standard InChI is InChI=1S/C22H20O4/c1-13(23)25-21-10-9-18-19(22(21)26-14(2)24)8-7-17-11-15-5-3-4-6-16(15)12-20(17)18/h3-8,11-12,21-22H,9-10H2,1-2H3/t21-,22-/m0/s1. The molecule has 0 unspecified atom stereocenters. The van der Waals surface area contributed by atoms with Gasteiger partial charge < -0.3 is 9.47 Å². The van der Waals surface area contributed by atoms with Gasteiger partial charge in [-0.15, -0.1) is 0 Å². The average molecular weight is 348 g/mol. The zero-order chi connectivity index (χ0) is 18.3. The summed E-state index contributed by atoms with van der Waals surface area (Å²) >= 11 is 0. The summed E-state index contributed by atoms with van der Waals surface area (Å²) in [5.41, 5.74) is 2.10. The smallest absolute Gasteiger partial charge is 0.303 e. The molecule has 0 radical (unpaired) electrons. The van der Waals surface area contributed by atoms with Gasteiger partial charge in [0, 0.05) is 19.4 Å². The molecule has 4 heteroatoms. The van der Waals surface area contributed by atoms with Crippen molar-refractivity contribution in [3.63, 3.8) is 0 Å². The van der Waals surface area contributed by atoms with E-state index in [1.807, 2.05) is 24.3 Å². The molecule has 0 spiro atoms. The van der Waals surface area contributed by atoms with Gasteiger partial charge in [-0.3, -0.25) is 9.59 Å². The predicted molar refractivity (Wildman–Crippen MR) is 99.8 cm³/mol. The molecular weight excluding hydrogens is 328 g/mol. The highest BCUT2D eigenvalue weighted by Crippen LogP contribution is 2.39. The number of aryl methyl sites for hydroxylation is 1. The highest BCUT2D eigenvalue weighted by atomic mass is 16.6. The van der Waals surface area contributed by atoms with Crippen LogP contribution in [0.3, 0.4) is 0 Å². The largest absolute Gasteiger partial charge is 0.458 e. The summed E-state index contributed by atoms with van der Waals surface area (Å²) in [5, 5.41) is 4.71. The van der Waals surface area contributed by atoms with Gasteiger partial charge in [-0.05, 0) is 52.1 Å². The molecule has 132 valence electrons. The van der Waals surface area contributed by atoms with Crippen LogP contribution in [-0.4, -0.2) is 18.0 Å². The molecule has 2 atom stereocenters. The molecule has 0 amide bonds. The fraction of sp³-hybridized carbons (Fsp3) is 0.273. The van der Waals surface area contributed by atoms with E-state index in [1.165, 1.54) is 35.6 Å². The van der Waals surface area contributed by atoms with Crippen LogP contribution >= 0.6 is 0 Å². The van der Waals surface area contributed by atoms with Crippen LogP contribution in [0.5, 0.6) is 0 Å². The van der Waals surface area contributed by atoms with Crippen molar-refractivity contribution in [3.8, 4) is 0 Å². The van der Waals surface area contributed by atoms with E-state index in [1.54, 1.807) is 0 Å². The molecule has 0 bridgehead atoms. The van der Waals surface area contributed by atoms with E-state index in [0.29, 0.717) is 6.42 Å². The van der Waals surface area contributed by atoms with Crippen LogP contribution in [0.25, 0.3) is 21.5 Å². The first-order chi connectivity index (χ1) is 12.5. The lowest BCUT2D eigenvalue weighted by Crippen LogP contribution is -2.32. The zero-order valence-electron chi connectivity index (χ0n) is 14.8. The molecule has 0 aromatic heterocycles. The van der Waals surface area contributed by atoms with Crippen molar-refractivity contribution in [2.75, 3.05) is 0 Å². The van der Waals surface area contributed by atoms with Gasteiger partial charge in [-0.2, -0.15) is 0 Å². The minimum Gasteiger partial charge on any atom is -0.458 e. The second-order valence-electron chi connectivity index (χ2n) is 6.77. The van der Waals surface area contributed by atoms with Gasteiger partial charge in [-0.1, -0.05) is 36.4 Å². The molecule has 3 aromatic rings. The summed E-state index contributed by atoms with van der Waals surface area (Å²) in [4.78, 5) is 23.1. The fourth-order valence-corrected chi connectivity index (χ4v) is 3.93. The van der Waals surface area contributed by atoms with Crippen molar-refractivity contribution in [2.45, 2.75) is 38.9 Å². The SMILES string of the molecule is CC(=O)O[C@H]1CCc2c(ccc3cc4ccccc4cc23)[C@@H]1OC(C)=O. The van der Waals surface area contributed by atoms with E-state index in [-0.39, 0.29) is 11.9 Å². The Labute approximate surface area is 151 Å². The first kappa shape index (κ1) is 16.6. The summed E-state index contributed by atoms with van der Waals surface area (Å²) in [7, 11) is 0. The van der Waals surface area contributed by atoms with Gasteiger partial charge in [0.15, 0.2) is 6.10 Å². The van der Waals surface area contributed by atoms with Crippen molar-refractivity contribution >= 4 is 33.5 Å². The highest BCUT2D eigenvalue weighted by molar-refractivity contribution is 6.00. The van der Waals surface area contributed by atoms with E-state index in [4.69, 9.17) is 9.47 Å². The first-order valence-electron chi connectivity index (χ1n) is 8.81. The van der Waals surface area contributed by atoms with E-state index in [9.17, 15) is 9.59 Å². The average Bonchev–Trinajstić information content (AvgIpc) is 2.61. The number of esters is 2. The van der Waals surface area contributed by atoms with Crippen molar-refractivity contribution in [1.82, 2.24) is 0 Å². The Kier molecular flexibility index (Phi) is 4.11. The van der Waals surface area contributed by atoms with Crippen LogP contribution in [-0.2, 0) is 25.5 Å². The van der Waals surface area contributed by atoms with Crippen LogP contribution < -0.4 is 0 Å². The number of rotatable bonds is 2. The van der Waals surface area contributed by atoms with Gasteiger partial charge in [0.1, 0.15) is 6.10 Å². The van der Waals surface area contributed by atoms with Crippen LogP contribution in [0, 0.1) is 0 Å². The lowest BCUT2D eigenvalue weighted by atomic mass is 9.83. The maximum absolute atomic E-state index is 11.6. The normalized spacial score (nSPS) is 19.2. The number of fused-ring (bicyclic) bond motifs is 4. The number of hydrogen-bond donors (Lipinski definition) is 0. The van der Waals surface area contributed by atoms with Crippen molar-refractivity contribution in [3.05, 3.63) is 59.7 Å². The Balaban J connectivity index is 1.88. The first-order valence-corrected chi connectivity index (χ1v) is 8.81. The Bertz CT molecular complexity index is 1020. The Hall–Kier alpha value is -2.88. The lowest BCUT2D eigenvalue weighted by Gasteiger charge is -2.33. The molecule has 4 nitrogen and oxygen atoms in total. The minimum atomic E-state index is -0.559. The molecule has 1 aliphatic rings. The monoisotopic (exact) mass is 348 g/mol. The molecular formula is C22H20O4. The Morgan fingerprint density at radius 1 is 0.885 bits per heavy atom. The highest BCUT2D eigenvalue weighted by Gasteiger charge is 2.35. The molecule has 0 heterocycles. The van der Waals surface area contributed by atoms with Gasteiger partial charge >= 0.3 is 11.9 Å². The van der Waals surface area contributed by atoms with E-state index in [2.05, 4.69) is 24.3 Å². The minimum absolute atomic E-state index is 0.359. The molecule has 0 aliphatic heterocycles. The third-order valence-corrected chi connectivity index (χ3v) is 4.97. The van der Waals surface area contributed by atoms with E-state index < -0.39 is 12.2 Å². The van der Waals surface area contributed by atoms with Crippen molar-refractivity contribution in [2.24, 2.45) is 0 Å². The number of ether oxygens (including phenoxy) is 2. The summed E-state index contributed by atoms with van der Waals surface area (Å²) in [6.07, 6.45) is 0.412. The third-order valence-electron chi connectivity index (χ3n) is 4.97. The van der Waals surface area contributed by atoms with Gasteiger partial charge in [0.25, 0.3) is 0 Å². The molecule has 3 aromatic carbocycles. The Morgan fingerprint density at radius 3 is 2.27 bits per heavy atom. The van der Waals surface area contributed by atoms with Crippen LogP contribution in [0.4, 0.5) is 0 Å². The second-order valence-corrected chi connectivity index (χ2v) is 6.77. The number of hydrogen-bond acceptors (Lipinski definition) is 4. The molecule has 4 rings (SSSR count). The number of carbonyl (C=O) groups is 2. The molecule has 26 heavy (non-hydrogen) atoms. The quantitative estimate of drug-likeness (QED) is 0.506. The molecule has 1 aliphatic carbocycles. The fourth-order valence-electron chi connectivity index (χ4n) is 3.93. The third kappa shape index (κ3) is 2.92. The summed E-state index contributed by atoms with van der Waals surface area (Å²) < 4.78 is 11.0. The summed E-state index contributed by atoms with van der Waals surface area (Å²) in [6, 6.07) is 16.7. The van der Waals surface area contributed by atoms with Gasteiger partial charge in [-0.25, -0.2) is 0 Å². The number of benzene rings is 3. The van der Waals surface area contributed by atoms with Crippen LogP contribution in [0.15, 0.2) is 48.5 Å². The summed E-state index contributed by atoms with van der Waals surface area (Å²) in [5.74, 6) is -0.735. The van der Waals surface area contributed by atoms with Crippen molar-refractivity contribution in [1.29, 1.82) is 0 Å². The Morgan fingerprint density at radius 2 is 1.58 bits per heavy atom. The molecule has 0 saturated heterocycles. The van der Waals surface area contributed by atoms with Crippen molar-refractivity contribution < 1.29 is 19.1 Å². The maximum atomic E-state index is 11.6.